The third-order valence-corrected chi connectivity index (χ3v) is 7.60. The van der Waals surface area contributed by atoms with E-state index >= 15 is 0 Å². The number of alkyl halides is 3. The summed E-state index contributed by atoms with van der Waals surface area (Å²) in [5, 5.41) is 15.7. The van der Waals surface area contributed by atoms with Crippen LogP contribution in [-0.2, 0) is 12.7 Å². The van der Waals surface area contributed by atoms with Gasteiger partial charge < -0.3 is 25.1 Å². The Balaban J connectivity index is 1.53. The van der Waals surface area contributed by atoms with Crippen molar-refractivity contribution in [2.24, 2.45) is 5.41 Å². The molecule has 224 valence electrons. The molecular weight excluding hydrogens is 591 g/mol. The van der Waals surface area contributed by atoms with Crippen LogP contribution in [0.4, 0.5) is 35.9 Å². The minimum atomic E-state index is -4.79. The van der Waals surface area contributed by atoms with E-state index in [1.165, 1.54) is 12.1 Å². The van der Waals surface area contributed by atoms with Crippen molar-refractivity contribution in [1.82, 2.24) is 0 Å². The molecule has 3 N–H and O–H groups in total. The molecule has 3 aromatic carbocycles. The zero-order chi connectivity index (χ0) is 31.6. The molecule has 2 heterocycles. The van der Waals surface area contributed by atoms with Gasteiger partial charge in [-0.1, -0.05) is 32.4 Å². The molecule has 1 atom stereocenters. The Hall–Kier alpha value is -4.58. The summed E-state index contributed by atoms with van der Waals surface area (Å²) in [6, 6.07) is 7.82. The highest BCUT2D eigenvalue weighted by atomic mass is 35.5. The number of carboxylic acid groups (broad SMARTS) is 1. The number of aryl methyl sites for hydroxylation is 1. The molecule has 0 saturated heterocycles. The summed E-state index contributed by atoms with van der Waals surface area (Å²) in [6.07, 6.45) is -4.79. The molecule has 1 aromatic heterocycles. The fraction of sp³-hybridized carbons (Fsp3) is 0.267. The van der Waals surface area contributed by atoms with Crippen LogP contribution < -0.4 is 26.4 Å². The minimum absolute atomic E-state index is 0.0315. The average Bonchev–Trinajstić information content (AvgIpc) is 3.50. The molecule has 4 aromatic rings. The van der Waals surface area contributed by atoms with Gasteiger partial charge in [0.25, 0.3) is 16.8 Å². The molecule has 9 nitrogen and oxygen atoms in total. The zero-order valence-electron chi connectivity index (χ0n) is 23.3. The van der Waals surface area contributed by atoms with Crippen molar-refractivity contribution in [2.45, 2.75) is 46.5 Å². The molecule has 0 spiro atoms. The molecule has 13 heteroatoms. The maximum absolute atomic E-state index is 13.7. The van der Waals surface area contributed by atoms with E-state index in [0.29, 0.717) is 23.7 Å². The molecule has 5 rings (SSSR count). The number of carboxylic acids is 1. The first kappa shape index (κ1) is 29.9. The maximum atomic E-state index is 13.7. The number of halogens is 4. The molecular formula is C30H25ClF3N3O6. The third kappa shape index (κ3) is 5.27. The number of rotatable bonds is 7. The second-order valence-electron chi connectivity index (χ2n) is 11.3. The smallest absolute Gasteiger partial charge is 0.416 e. The molecule has 0 fully saturated rings. The van der Waals surface area contributed by atoms with Crippen LogP contribution in [0.25, 0.3) is 0 Å². The summed E-state index contributed by atoms with van der Waals surface area (Å²) < 4.78 is 46.2. The van der Waals surface area contributed by atoms with Crippen molar-refractivity contribution in [3.05, 3.63) is 102 Å². The second-order valence-corrected chi connectivity index (χ2v) is 11.7. The van der Waals surface area contributed by atoms with Crippen LogP contribution in [0.15, 0.2) is 56.5 Å². The Morgan fingerprint density at radius 3 is 2.28 bits per heavy atom. The average molecular weight is 616 g/mol. The predicted octanol–water partition coefficient (Wildman–Crippen LogP) is 6.66. The molecule has 1 aliphatic heterocycles. The zero-order valence-corrected chi connectivity index (χ0v) is 24.0. The number of furan rings is 1. The fourth-order valence-corrected chi connectivity index (χ4v) is 5.26. The van der Waals surface area contributed by atoms with E-state index in [2.05, 4.69) is 10.6 Å². The SMILES string of the molecule is Cc1ccc([C@H](Nc2c(Nc3ccc(Cl)c4c3C(=O)N(c3cc(C(F)(F)F)ccc3C(=O)O)C4)c(=O)c2=O)C(C)(C)C)o1. The van der Waals surface area contributed by atoms with E-state index in [4.69, 9.17) is 16.0 Å². The molecule has 0 aliphatic carbocycles. The number of anilines is 4. The van der Waals surface area contributed by atoms with Crippen molar-refractivity contribution in [3.8, 4) is 0 Å². The molecule has 0 saturated carbocycles. The summed E-state index contributed by atoms with van der Waals surface area (Å²) in [7, 11) is 0. The fourth-order valence-electron chi connectivity index (χ4n) is 5.05. The first-order valence-electron chi connectivity index (χ1n) is 13.0. The standard InChI is InChI=1S/C30H25ClF3N3O6/c1-13-5-10-20(43-13)26(29(2,3)4)36-23-22(24(38)25(23)39)35-18-9-8-17(31)16-12-37(27(40)21(16)18)19-11-14(30(32,33)34)6-7-15(19)28(41)42/h5-11,26,35-36H,12H2,1-4H3,(H,41,42)/t26-/m0/s1. The lowest BCUT2D eigenvalue weighted by atomic mass is 9.85. The Bertz CT molecular complexity index is 1860. The summed E-state index contributed by atoms with van der Waals surface area (Å²) in [6.45, 7) is 7.19. The van der Waals surface area contributed by atoms with Gasteiger partial charge in [-0.2, -0.15) is 13.2 Å². The third-order valence-electron chi connectivity index (χ3n) is 7.25. The van der Waals surface area contributed by atoms with Crippen LogP contribution in [0.2, 0.25) is 5.02 Å². The number of hydrogen-bond acceptors (Lipinski definition) is 7. The number of nitrogens with one attached hydrogen (secondary N) is 2. The largest absolute Gasteiger partial charge is 0.478 e. The van der Waals surface area contributed by atoms with Crippen LogP contribution >= 0.6 is 11.6 Å². The van der Waals surface area contributed by atoms with Crippen LogP contribution in [0.5, 0.6) is 0 Å². The first-order chi connectivity index (χ1) is 20.0. The normalized spacial score (nSPS) is 14.2. The number of aromatic carboxylic acids is 1. The monoisotopic (exact) mass is 615 g/mol. The minimum Gasteiger partial charge on any atom is -0.478 e. The van der Waals surface area contributed by atoms with Gasteiger partial charge in [0, 0.05) is 10.6 Å². The van der Waals surface area contributed by atoms with Crippen molar-refractivity contribution in [3.63, 3.8) is 0 Å². The lowest BCUT2D eigenvalue weighted by molar-refractivity contribution is -0.137. The molecule has 0 bridgehead atoms. The van der Waals surface area contributed by atoms with Gasteiger partial charge in [0.1, 0.15) is 22.9 Å². The molecule has 1 amide bonds. The number of amides is 1. The number of fused-ring (bicyclic) bond motifs is 1. The van der Waals surface area contributed by atoms with Crippen molar-refractivity contribution >= 4 is 46.2 Å². The number of nitrogens with zero attached hydrogens (tertiary/aromatic N) is 1. The Kier molecular flexibility index (Phi) is 7.16. The van der Waals surface area contributed by atoms with Gasteiger partial charge in [-0.25, -0.2) is 4.79 Å². The Morgan fingerprint density at radius 1 is 1.02 bits per heavy atom. The number of benzene rings is 2. The molecule has 0 radical (unpaired) electrons. The van der Waals surface area contributed by atoms with E-state index < -0.39 is 57.2 Å². The number of carbonyl (C=O) groups excluding carboxylic acids is 1. The number of hydrogen-bond donors (Lipinski definition) is 3. The van der Waals surface area contributed by atoms with Gasteiger partial charge >= 0.3 is 12.1 Å². The van der Waals surface area contributed by atoms with Crippen LogP contribution in [0.3, 0.4) is 0 Å². The van der Waals surface area contributed by atoms with Crippen LogP contribution in [0.1, 0.15) is 70.2 Å². The van der Waals surface area contributed by atoms with Crippen molar-refractivity contribution in [2.75, 3.05) is 15.5 Å². The molecule has 43 heavy (non-hydrogen) atoms. The summed E-state index contributed by atoms with van der Waals surface area (Å²) in [5.74, 6) is -1.18. The summed E-state index contributed by atoms with van der Waals surface area (Å²) in [4.78, 5) is 51.8. The van der Waals surface area contributed by atoms with Crippen molar-refractivity contribution in [1.29, 1.82) is 0 Å². The predicted molar refractivity (Wildman–Crippen MR) is 154 cm³/mol. The highest BCUT2D eigenvalue weighted by molar-refractivity contribution is 6.33. The first-order valence-corrected chi connectivity index (χ1v) is 13.4. The molecule has 1 aliphatic rings. The highest BCUT2D eigenvalue weighted by Gasteiger charge is 2.39. The van der Waals surface area contributed by atoms with Gasteiger partial charge in [0.2, 0.25) is 0 Å². The lowest BCUT2D eigenvalue weighted by Crippen LogP contribution is -2.39. The van der Waals surface area contributed by atoms with E-state index in [9.17, 15) is 37.5 Å². The van der Waals surface area contributed by atoms with Gasteiger partial charge in [-0.3, -0.25) is 14.4 Å². The van der Waals surface area contributed by atoms with E-state index in [0.717, 1.165) is 11.0 Å². The summed E-state index contributed by atoms with van der Waals surface area (Å²) >= 11 is 6.36. The quantitative estimate of drug-likeness (QED) is 0.197. The number of carbonyl (C=O) groups is 2. The Labute approximate surface area is 247 Å². The van der Waals surface area contributed by atoms with E-state index in [-0.39, 0.29) is 39.8 Å². The topological polar surface area (TPSA) is 129 Å². The van der Waals surface area contributed by atoms with Gasteiger partial charge in [0.05, 0.1) is 40.7 Å². The van der Waals surface area contributed by atoms with Gasteiger partial charge in [0.15, 0.2) is 0 Å². The summed E-state index contributed by atoms with van der Waals surface area (Å²) in [5.41, 5.74) is -4.18. The maximum Gasteiger partial charge on any atom is 0.416 e. The van der Waals surface area contributed by atoms with Crippen molar-refractivity contribution < 1.29 is 32.3 Å². The van der Waals surface area contributed by atoms with Gasteiger partial charge in [-0.15, -0.1) is 0 Å². The van der Waals surface area contributed by atoms with Crippen LogP contribution in [0, 0.1) is 12.3 Å². The lowest BCUT2D eigenvalue weighted by Gasteiger charge is -2.31. The van der Waals surface area contributed by atoms with E-state index in [1.807, 2.05) is 20.8 Å². The Morgan fingerprint density at radius 2 is 1.70 bits per heavy atom. The van der Waals surface area contributed by atoms with Crippen LogP contribution in [-0.4, -0.2) is 17.0 Å². The second kappa shape index (κ2) is 10.3. The molecule has 0 unspecified atom stereocenters. The highest BCUT2D eigenvalue weighted by Crippen LogP contribution is 2.42. The van der Waals surface area contributed by atoms with Gasteiger partial charge in [-0.05, 0) is 54.8 Å². The van der Waals surface area contributed by atoms with E-state index in [1.54, 1.807) is 19.1 Å².